The Morgan fingerprint density at radius 3 is 3.00 bits per heavy atom. The fraction of sp³-hybridized carbons (Fsp3) is 0.833. The molecule has 3 aliphatic heterocycles. The summed E-state index contributed by atoms with van der Waals surface area (Å²) in [6.07, 6.45) is 3.57. The number of cyclic esters (lactones) is 1. The van der Waals surface area contributed by atoms with Crippen molar-refractivity contribution in [3.63, 3.8) is 0 Å². The monoisotopic (exact) mass is 240 g/mol. The maximum atomic E-state index is 12.1. The van der Waals surface area contributed by atoms with Crippen molar-refractivity contribution in [2.45, 2.75) is 43.8 Å². The highest BCUT2D eigenvalue weighted by Gasteiger charge is 2.69. The molecule has 0 radical (unpaired) electrons. The molecule has 1 spiro atoms. The normalized spacial score (nSPS) is 43.1. The van der Waals surface area contributed by atoms with E-state index in [1.807, 2.05) is 0 Å². The third-order valence-electron chi connectivity index (χ3n) is 4.53. The van der Waals surface area contributed by atoms with Gasteiger partial charge in [-0.3, -0.25) is 9.59 Å². The minimum Gasteiger partial charge on any atom is -0.469 e. The third kappa shape index (κ3) is 1.29. The summed E-state index contributed by atoms with van der Waals surface area (Å²) in [5.74, 6) is -0.652. The number of carbonyl (C=O) groups is 2. The second-order valence-electron chi connectivity index (χ2n) is 5.22. The van der Waals surface area contributed by atoms with Gasteiger partial charge in [0.2, 0.25) is 0 Å². The van der Waals surface area contributed by atoms with Crippen LogP contribution in [-0.2, 0) is 23.8 Å². The van der Waals surface area contributed by atoms with E-state index >= 15 is 0 Å². The third-order valence-corrected chi connectivity index (χ3v) is 4.53. The summed E-state index contributed by atoms with van der Waals surface area (Å²) < 4.78 is 15.9. The van der Waals surface area contributed by atoms with Gasteiger partial charge < -0.3 is 14.2 Å². The lowest BCUT2D eigenvalue weighted by Crippen LogP contribution is -2.53. The highest BCUT2D eigenvalue weighted by Crippen LogP contribution is 2.58. The largest absolute Gasteiger partial charge is 0.469 e. The maximum Gasteiger partial charge on any atom is 0.315 e. The van der Waals surface area contributed by atoms with E-state index in [-0.39, 0.29) is 24.5 Å². The number of fused-ring (bicyclic) bond motifs is 1. The van der Waals surface area contributed by atoms with E-state index in [0.717, 1.165) is 19.3 Å². The van der Waals surface area contributed by atoms with E-state index in [9.17, 15) is 9.59 Å². The minimum atomic E-state index is -0.799. The molecule has 0 aromatic heterocycles. The second-order valence-corrected chi connectivity index (χ2v) is 5.22. The molecule has 17 heavy (non-hydrogen) atoms. The molecule has 0 saturated carbocycles. The average Bonchev–Trinajstić information content (AvgIpc) is 2.83. The Kier molecular flexibility index (Phi) is 2.23. The zero-order chi connectivity index (χ0) is 12.1. The molecular weight excluding hydrogens is 224 g/mol. The first-order valence-corrected chi connectivity index (χ1v) is 6.04. The van der Waals surface area contributed by atoms with Crippen LogP contribution in [0.3, 0.4) is 0 Å². The Bertz CT molecular complexity index is 379. The topological polar surface area (TPSA) is 61.8 Å². The number of esters is 2. The standard InChI is InChI=1S/C12H16O5/c1-15-9(13)6-11-4-2-8-3-5-12(11,17-8)7-16-10(11)14/h8H,2-7H2,1H3/t8-,11+,12+/m1/s1. The van der Waals surface area contributed by atoms with Crippen LogP contribution in [0.4, 0.5) is 0 Å². The van der Waals surface area contributed by atoms with Crippen molar-refractivity contribution < 1.29 is 23.8 Å². The zero-order valence-corrected chi connectivity index (χ0v) is 9.86. The predicted octanol–water partition coefficient (Wildman–Crippen LogP) is 0.804. The number of rotatable bonds is 2. The molecule has 3 rings (SSSR count). The van der Waals surface area contributed by atoms with Crippen LogP contribution in [0.15, 0.2) is 0 Å². The quantitative estimate of drug-likeness (QED) is 0.668. The molecule has 94 valence electrons. The Hall–Kier alpha value is -1.10. The van der Waals surface area contributed by atoms with E-state index in [4.69, 9.17) is 14.2 Å². The van der Waals surface area contributed by atoms with Crippen LogP contribution in [0.25, 0.3) is 0 Å². The average molecular weight is 240 g/mol. The van der Waals surface area contributed by atoms with Crippen molar-refractivity contribution in [2.24, 2.45) is 5.41 Å². The Morgan fingerprint density at radius 1 is 1.47 bits per heavy atom. The zero-order valence-electron chi connectivity index (χ0n) is 9.86. The van der Waals surface area contributed by atoms with Gasteiger partial charge in [-0.15, -0.1) is 0 Å². The van der Waals surface area contributed by atoms with E-state index < -0.39 is 11.0 Å². The van der Waals surface area contributed by atoms with Gasteiger partial charge in [-0.2, -0.15) is 0 Å². The van der Waals surface area contributed by atoms with Crippen molar-refractivity contribution in [3.8, 4) is 0 Å². The molecule has 3 aliphatic rings. The number of methoxy groups -OCH3 is 1. The first-order chi connectivity index (χ1) is 8.12. The van der Waals surface area contributed by atoms with Crippen molar-refractivity contribution in [1.82, 2.24) is 0 Å². The first-order valence-electron chi connectivity index (χ1n) is 6.04. The fourth-order valence-corrected chi connectivity index (χ4v) is 3.51. The highest BCUT2D eigenvalue weighted by molar-refractivity contribution is 5.87. The summed E-state index contributed by atoms with van der Waals surface area (Å²) in [5, 5.41) is 0. The van der Waals surface area contributed by atoms with Gasteiger partial charge in [0.1, 0.15) is 17.6 Å². The van der Waals surface area contributed by atoms with Crippen molar-refractivity contribution in [3.05, 3.63) is 0 Å². The van der Waals surface area contributed by atoms with Crippen LogP contribution in [0.5, 0.6) is 0 Å². The molecule has 0 aliphatic carbocycles. The molecule has 0 N–H and O–H groups in total. The smallest absolute Gasteiger partial charge is 0.315 e. The van der Waals surface area contributed by atoms with Crippen molar-refractivity contribution in [1.29, 1.82) is 0 Å². The van der Waals surface area contributed by atoms with Gasteiger partial charge in [0.05, 0.1) is 19.6 Å². The van der Waals surface area contributed by atoms with Gasteiger partial charge in [0, 0.05) is 0 Å². The van der Waals surface area contributed by atoms with E-state index in [2.05, 4.69) is 0 Å². The Balaban J connectivity index is 1.97. The molecule has 0 unspecified atom stereocenters. The summed E-state index contributed by atoms with van der Waals surface area (Å²) in [6.45, 7) is 0.291. The Labute approximate surface area is 99.4 Å². The molecule has 5 heteroatoms. The van der Waals surface area contributed by atoms with Gasteiger partial charge in [-0.05, 0) is 25.7 Å². The molecule has 2 bridgehead atoms. The highest BCUT2D eigenvalue weighted by atomic mass is 16.6. The lowest BCUT2D eigenvalue weighted by atomic mass is 9.67. The van der Waals surface area contributed by atoms with Crippen molar-refractivity contribution >= 4 is 11.9 Å². The number of ether oxygens (including phenoxy) is 3. The second kappa shape index (κ2) is 3.45. The van der Waals surface area contributed by atoms with Crippen LogP contribution < -0.4 is 0 Å². The van der Waals surface area contributed by atoms with E-state index in [1.165, 1.54) is 7.11 Å². The maximum absolute atomic E-state index is 12.1. The molecule has 0 aromatic rings. The van der Waals surface area contributed by atoms with Gasteiger partial charge >= 0.3 is 11.9 Å². The number of hydrogen-bond acceptors (Lipinski definition) is 5. The SMILES string of the molecule is COC(=O)C[C@]12CC[C@@H]3CC[C@@]1(COC2=O)O3. The van der Waals surface area contributed by atoms with Gasteiger partial charge in [0.25, 0.3) is 0 Å². The van der Waals surface area contributed by atoms with Crippen LogP contribution in [0.2, 0.25) is 0 Å². The van der Waals surface area contributed by atoms with E-state index in [1.54, 1.807) is 0 Å². The molecule has 0 amide bonds. The predicted molar refractivity (Wildman–Crippen MR) is 56.1 cm³/mol. The first kappa shape index (κ1) is 11.0. The molecule has 5 nitrogen and oxygen atoms in total. The molecule has 3 saturated heterocycles. The Morgan fingerprint density at radius 2 is 2.24 bits per heavy atom. The van der Waals surface area contributed by atoms with Crippen LogP contribution >= 0.6 is 0 Å². The molecule has 3 fully saturated rings. The van der Waals surface area contributed by atoms with Crippen molar-refractivity contribution in [2.75, 3.05) is 13.7 Å². The summed E-state index contributed by atoms with van der Waals surface area (Å²) in [4.78, 5) is 23.6. The van der Waals surface area contributed by atoms with Crippen LogP contribution in [0.1, 0.15) is 32.1 Å². The number of hydrogen-bond donors (Lipinski definition) is 0. The summed E-state index contributed by atoms with van der Waals surface area (Å²) in [5.41, 5.74) is -1.37. The summed E-state index contributed by atoms with van der Waals surface area (Å²) >= 11 is 0. The molecule has 3 heterocycles. The lowest BCUT2D eigenvalue weighted by Gasteiger charge is -2.41. The van der Waals surface area contributed by atoms with Crippen LogP contribution in [0, 0.1) is 5.41 Å². The lowest BCUT2D eigenvalue weighted by molar-refractivity contribution is -0.173. The summed E-state index contributed by atoms with van der Waals surface area (Å²) in [6, 6.07) is 0. The molecular formula is C12H16O5. The van der Waals surface area contributed by atoms with Gasteiger partial charge in [0.15, 0.2) is 0 Å². The fourth-order valence-electron chi connectivity index (χ4n) is 3.51. The molecule has 3 atom stereocenters. The minimum absolute atomic E-state index is 0.0784. The summed E-state index contributed by atoms with van der Waals surface area (Å²) in [7, 11) is 1.34. The van der Waals surface area contributed by atoms with Gasteiger partial charge in [-0.1, -0.05) is 0 Å². The van der Waals surface area contributed by atoms with E-state index in [0.29, 0.717) is 13.0 Å². The molecule has 0 aromatic carbocycles. The number of carbonyl (C=O) groups excluding carboxylic acids is 2. The van der Waals surface area contributed by atoms with Gasteiger partial charge in [-0.25, -0.2) is 0 Å². The van der Waals surface area contributed by atoms with Crippen LogP contribution in [-0.4, -0.2) is 37.4 Å².